The van der Waals surface area contributed by atoms with Gasteiger partial charge in [-0.1, -0.05) is 68.2 Å². The van der Waals surface area contributed by atoms with Crippen molar-refractivity contribution >= 4 is 130 Å². The fourth-order valence-electron chi connectivity index (χ4n) is 12.2. The normalized spacial score (nSPS) is 16.1. The average molecular weight is 1780 g/mol. The van der Waals surface area contributed by atoms with Crippen LogP contribution in [0.15, 0.2) is 12.5 Å². The van der Waals surface area contributed by atoms with Crippen LogP contribution in [0.25, 0.3) is 0 Å². The molecule has 1 aromatic heterocycles. The number of rotatable bonds is 60. The van der Waals surface area contributed by atoms with Crippen molar-refractivity contribution in [1.29, 1.82) is 0 Å². The maximum atomic E-state index is 14.7. The minimum atomic E-state index is -2.11. The molecule has 21 amide bonds. The standard InChI is InChI=1S/C75H125N25O25/c1-10-36(7)59(98-57(109)30-84-62(111)40-16-14-22-83-40)73(122)94-46(25-53(79)105)63(112)85-29-56(108)88-41(15-12-13-21-76)64(113)87-38(9)61(110)100-60(37(8)11-2)74(123)93-45(24-39-28-82-33-86-39)66(115)91-44(23-34(3)4)69(118)99-58(35(5)6)72(121)95-48(27-55(81)107)68(117)92-47(26-54(80)106)67(116)89-42(17-19-51(77)103)65(114)96-50(32-102)71(120)97-49(31-101)70(119)90-43(75(124)125)18-20-52(78)104/h28,33-38,40-50,58-60,83,101-102H,10-27,29-32,76H2,1-9H3,(H2,77,103)(H2,78,104)(H2,79,105)(H2,80,106)(H2,81,107)(H,82,86)(H,84,111)(H,85,112)(H,87,113)(H,88,108)(H,89,116)(H,90,119)(H,91,115)(H,92,117)(H,93,123)(H,94,122)(H,95,121)(H,96,114)(H,97,120)(H,98,109)(H,99,118)(H,100,110)(H,124,125)/t36-,37-,38-,40-,41-,42-,43-,44-,45-,46-,47-,48-,49-,50-,58-,59-,60-/m0/s1. The Labute approximate surface area is 719 Å². The van der Waals surface area contributed by atoms with E-state index in [2.05, 4.69) is 84.4 Å². The number of H-pyrrole nitrogens is 1. The van der Waals surface area contributed by atoms with Gasteiger partial charge in [-0.15, -0.1) is 0 Å². The first-order chi connectivity index (χ1) is 58.7. The number of carboxylic acid groups (broad SMARTS) is 1. The zero-order valence-electron chi connectivity index (χ0n) is 71.4. The van der Waals surface area contributed by atoms with E-state index in [0.29, 0.717) is 25.8 Å². The minimum absolute atomic E-state index is 0.0544. The molecule has 0 aliphatic carbocycles. The Balaban J connectivity index is 2.39. The van der Waals surface area contributed by atoms with E-state index in [1.807, 2.05) is 16.0 Å². The first-order valence-electron chi connectivity index (χ1n) is 40.8. The van der Waals surface area contributed by atoms with Gasteiger partial charge in [-0.2, -0.15) is 0 Å². The maximum Gasteiger partial charge on any atom is 0.326 e. The molecule has 0 aromatic carbocycles. The second-order valence-electron chi connectivity index (χ2n) is 30.9. The molecule has 700 valence electrons. The van der Waals surface area contributed by atoms with E-state index in [9.17, 15) is 121 Å². The third-order valence-corrected chi connectivity index (χ3v) is 19.7. The summed E-state index contributed by atoms with van der Waals surface area (Å²) in [6.45, 7) is 11.2. The number of carbonyl (C=O) groups excluding carboxylic acids is 21. The van der Waals surface area contributed by atoms with Crippen LogP contribution in [-0.2, 0) is 112 Å². The number of hydrogen-bond acceptors (Lipinski definition) is 27. The molecule has 0 unspecified atom stereocenters. The summed E-state index contributed by atoms with van der Waals surface area (Å²) < 4.78 is 0. The molecule has 50 heteroatoms. The molecule has 2 heterocycles. The molecule has 17 atom stereocenters. The van der Waals surface area contributed by atoms with E-state index in [0.717, 1.165) is 6.42 Å². The molecule has 1 aromatic rings. The lowest BCUT2D eigenvalue weighted by atomic mass is 9.96. The molecular formula is C75H125N25O25. The zero-order chi connectivity index (χ0) is 94.7. The maximum absolute atomic E-state index is 14.7. The molecule has 0 saturated carbocycles. The number of nitrogens with zero attached hydrogens (tertiary/aromatic N) is 1. The zero-order valence-corrected chi connectivity index (χ0v) is 71.4. The van der Waals surface area contributed by atoms with Crippen LogP contribution < -0.4 is 125 Å². The minimum Gasteiger partial charge on any atom is -0.480 e. The van der Waals surface area contributed by atoms with Gasteiger partial charge in [0.1, 0.15) is 84.6 Å². The second kappa shape index (κ2) is 55.5. The van der Waals surface area contributed by atoms with Crippen molar-refractivity contribution in [2.75, 3.05) is 39.4 Å². The number of aromatic nitrogens is 2. The largest absolute Gasteiger partial charge is 0.480 e. The number of imidazole rings is 1. The van der Waals surface area contributed by atoms with Gasteiger partial charge in [-0.3, -0.25) is 101 Å². The molecule has 0 bridgehead atoms. The highest BCUT2D eigenvalue weighted by molar-refractivity contribution is 6.02. The molecular weight excluding hydrogens is 1650 g/mol. The van der Waals surface area contributed by atoms with Crippen molar-refractivity contribution < 1.29 is 121 Å². The number of aromatic amines is 1. The number of unbranched alkanes of at least 4 members (excludes halogenated alkanes) is 1. The van der Waals surface area contributed by atoms with Gasteiger partial charge in [0.25, 0.3) is 0 Å². The summed E-state index contributed by atoms with van der Waals surface area (Å²) in [6.07, 6.45) is -0.598. The van der Waals surface area contributed by atoms with Crippen LogP contribution in [-0.4, -0.2) is 285 Å². The van der Waals surface area contributed by atoms with Gasteiger partial charge >= 0.3 is 5.97 Å². The van der Waals surface area contributed by atoms with Gasteiger partial charge < -0.3 is 145 Å². The Bertz CT molecular complexity index is 3920. The summed E-state index contributed by atoms with van der Waals surface area (Å²) in [6, 6.07) is -24.3. The highest BCUT2D eigenvalue weighted by atomic mass is 16.4. The number of aliphatic carboxylic acids is 1. The quantitative estimate of drug-likeness (QED) is 0.0269. The van der Waals surface area contributed by atoms with Gasteiger partial charge in [0.2, 0.25) is 124 Å². The summed E-state index contributed by atoms with van der Waals surface area (Å²) in [7, 11) is 0. The molecule has 125 heavy (non-hydrogen) atoms. The van der Waals surface area contributed by atoms with Crippen LogP contribution in [0.4, 0.5) is 0 Å². The number of primary amides is 5. The average Bonchev–Trinajstić information content (AvgIpc) is 1.51. The van der Waals surface area contributed by atoms with Crippen LogP contribution in [0.3, 0.4) is 0 Å². The summed E-state index contributed by atoms with van der Waals surface area (Å²) in [5.74, 6) is -26.6. The first-order valence-corrected chi connectivity index (χ1v) is 40.8. The number of nitrogens with one attached hydrogen (secondary N) is 18. The summed E-state index contributed by atoms with van der Waals surface area (Å²) in [4.78, 5) is 300. The highest BCUT2D eigenvalue weighted by Crippen LogP contribution is 2.16. The lowest BCUT2D eigenvalue weighted by Crippen LogP contribution is -2.62. The lowest BCUT2D eigenvalue weighted by Gasteiger charge is -2.30. The van der Waals surface area contributed by atoms with Crippen LogP contribution in [0, 0.1) is 23.7 Å². The topological polar surface area (TPSA) is 826 Å². The number of aliphatic hydroxyl groups is 2. The van der Waals surface area contributed by atoms with Crippen LogP contribution >= 0.6 is 0 Å². The molecule has 1 saturated heterocycles. The van der Waals surface area contributed by atoms with Gasteiger partial charge in [0.15, 0.2) is 0 Å². The molecule has 0 radical (unpaired) electrons. The van der Waals surface area contributed by atoms with Crippen LogP contribution in [0.1, 0.15) is 164 Å². The van der Waals surface area contributed by atoms with Crippen molar-refractivity contribution in [3.05, 3.63) is 18.2 Å². The van der Waals surface area contributed by atoms with Crippen LogP contribution in [0.2, 0.25) is 0 Å². The molecule has 0 spiro atoms. The van der Waals surface area contributed by atoms with E-state index in [1.165, 1.54) is 33.3 Å². The number of carbonyl (C=O) groups is 22. The Hall–Kier alpha value is -12.6. The van der Waals surface area contributed by atoms with Gasteiger partial charge in [-0.05, 0) is 95.1 Å². The van der Waals surface area contributed by atoms with Crippen molar-refractivity contribution in [1.82, 2.24) is 100 Å². The van der Waals surface area contributed by atoms with Crippen molar-refractivity contribution in [2.45, 2.75) is 256 Å². The van der Waals surface area contributed by atoms with Crippen molar-refractivity contribution in [2.24, 2.45) is 58.1 Å². The molecule has 33 N–H and O–H groups in total. The van der Waals surface area contributed by atoms with Crippen molar-refractivity contribution in [3.63, 3.8) is 0 Å². The van der Waals surface area contributed by atoms with Gasteiger partial charge in [0.05, 0.1) is 57.9 Å². The summed E-state index contributed by atoms with van der Waals surface area (Å²) in [5.41, 5.74) is 32.8. The lowest BCUT2D eigenvalue weighted by molar-refractivity contribution is -0.143. The van der Waals surface area contributed by atoms with Crippen molar-refractivity contribution in [3.8, 4) is 0 Å². The SMILES string of the molecule is CC[C@H](C)[C@H](NC(=O)CNC(=O)[C@@H]1CCCN1)C(=O)N[C@@H](CC(N)=O)C(=O)NCC(=O)N[C@@H](CCCCN)C(=O)N[C@@H](C)C(=O)N[C@H](C(=O)N[C@@H](Cc1cnc[nH]1)C(=O)N[C@@H](CC(C)C)C(=O)N[C@H](C(=O)N[C@@H](CC(N)=O)C(=O)N[C@@H](CC(N)=O)C(=O)N[C@@H](CCC(N)=O)C(=O)N[C@@H](CO)C(=O)N[C@@H](CO)C(=O)N[C@@H](CCC(N)=O)C(=O)O)C(C)C)[C@@H](C)CC. The Morgan fingerprint density at radius 2 is 0.832 bits per heavy atom. The van der Waals surface area contributed by atoms with Crippen LogP contribution in [0.5, 0.6) is 0 Å². The fourth-order valence-corrected chi connectivity index (χ4v) is 12.2. The number of nitrogens with two attached hydrogens (primary N) is 6. The van der Waals surface area contributed by atoms with E-state index in [1.54, 1.807) is 41.5 Å². The van der Waals surface area contributed by atoms with E-state index in [-0.39, 0.29) is 44.3 Å². The predicted molar refractivity (Wildman–Crippen MR) is 438 cm³/mol. The Morgan fingerprint density at radius 3 is 1.29 bits per heavy atom. The molecule has 1 aliphatic heterocycles. The summed E-state index contributed by atoms with van der Waals surface area (Å²) >= 11 is 0. The predicted octanol–water partition coefficient (Wildman–Crippen LogP) is -12.1. The number of aliphatic hydroxyl groups excluding tert-OH is 2. The van der Waals surface area contributed by atoms with Gasteiger partial charge in [-0.25, -0.2) is 9.78 Å². The number of hydrogen-bond donors (Lipinski definition) is 27. The van der Waals surface area contributed by atoms with E-state index in [4.69, 9.17) is 34.4 Å². The fraction of sp³-hybridized carbons (Fsp3) is 0.667. The van der Waals surface area contributed by atoms with Gasteiger partial charge in [0, 0.05) is 31.2 Å². The molecule has 1 aliphatic rings. The number of carboxylic acids is 1. The third-order valence-electron chi connectivity index (χ3n) is 19.7. The summed E-state index contributed by atoms with van der Waals surface area (Å²) in [5, 5.41) is 70.2. The Morgan fingerprint density at radius 1 is 0.432 bits per heavy atom. The molecule has 2 rings (SSSR count). The monoisotopic (exact) mass is 1780 g/mol. The molecule has 1 fully saturated rings. The first kappa shape index (κ1) is 108. The van der Waals surface area contributed by atoms with E-state index >= 15 is 0 Å². The number of amides is 21. The van der Waals surface area contributed by atoms with E-state index < -0.39 is 316 Å². The second-order valence-corrected chi connectivity index (χ2v) is 30.9. The third kappa shape index (κ3) is 40.1. The smallest absolute Gasteiger partial charge is 0.326 e. The molecule has 50 nitrogen and oxygen atoms in total. The Kier molecular flexibility index (Phi) is 48.2. The highest BCUT2D eigenvalue weighted by Gasteiger charge is 2.40.